The van der Waals surface area contributed by atoms with Crippen molar-refractivity contribution in [2.45, 2.75) is 32.9 Å². The largest absolute Gasteiger partial charge is 0.354 e. The minimum atomic E-state index is -0.0841. The molecule has 1 amide bonds. The molecule has 0 aliphatic carbocycles. The first-order valence-corrected chi connectivity index (χ1v) is 8.19. The molecular weight excluding hydrogens is 335 g/mol. The molecule has 0 spiro atoms. The molecule has 128 valence electrons. The molecule has 1 aromatic rings. The Labute approximate surface area is 148 Å². The van der Waals surface area contributed by atoms with Crippen LogP contribution in [0.2, 0.25) is 10.0 Å². The van der Waals surface area contributed by atoms with E-state index in [4.69, 9.17) is 23.2 Å². The fourth-order valence-electron chi connectivity index (χ4n) is 1.83. The first-order chi connectivity index (χ1) is 10.7. The lowest BCUT2D eigenvalue weighted by molar-refractivity contribution is -0.127. The van der Waals surface area contributed by atoms with Crippen molar-refractivity contribution in [2.75, 3.05) is 20.6 Å². The smallest absolute Gasteiger partial charge is 0.243 e. The zero-order chi connectivity index (χ0) is 17.6. The number of nitrogens with zero attached hydrogens (tertiary/aromatic N) is 2. The minimum absolute atomic E-state index is 0.0629. The van der Waals surface area contributed by atoms with Crippen molar-refractivity contribution in [3.05, 3.63) is 33.8 Å². The predicted molar refractivity (Wildman–Crippen MR) is 97.3 cm³/mol. The van der Waals surface area contributed by atoms with Gasteiger partial charge in [-0.25, -0.2) is 4.99 Å². The van der Waals surface area contributed by atoms with Gasteiger partial charge in [0, 0.05) is 30.2 Å². The maximum Gasteiger partial charge on any atom is 0.243 e. The van der Waals surface area contributed by atoms with Crippen LogP contribution in [0.3, 0.4) is 0 Å². The van der Waals surface area contributed by atoms with Crippen LogP contribution in [0, 0.1) is 0 Å². The molecule has 2 N–H and O–H groups in total. The van der Waals surface area contributed by atoms with Crippen LogP contribution < -0.4 is 10.6 Å². The van der Waals surface area contributed by atoms with E-state index in [1.165, 1.54) is 4.90 Å². The Hall–Kier alpha value is -1.46. The summed E-state index contributed by atoms with van der Waals surface area (Å²) in [5, 5.41) is 7.65. The summed E-state index contributed by atoms with van der Waals surface area (Å²) in [6.45, 7) is 6.06. The van der Waals surface area contributed by atoms with E-state index in [9.17, 15) is 4.79 Å². The normalized spacial score (nSPS) is 13.0. The van der Waals surface area contributed by atoms with Gasteiger partial charge in [0.25, 0.3) is 0 Å². The molecule has 1 atom stereocenters. The molecule has 0 radical (unpaired) electrons. The molecule has 0 aliphatic heterocycles. The average molecular weight is 359 g/mol. The molecular formula is C16H24Cl2N4O. The molecule has 1 unspecified atom stereocenters. The van der Waals surface area contributed by atoms with Crippen molar-refractivity contribution in [1.29, 1.82) is 0 Å². The van der Waals surface area contributed by atoms with E-state index in [1.54, 1.807) is 26.2 Å². The molecule has 23 heavy (non-hydrogen) atoms. The second kappa shape index (κ2) is 8.99. The molecule has 7 heteroatoms. The first kappa shape index (κ1) is 19.6. The van der Waals surface area contributed by atoms with Crippen LogP contribution in [0.25, 0.3) is 0 Å². The van der Waals surface area contributed by atoms with Crippen molar-refractivity contribution in [1.82, 2.24) is 15.5 Å². The number of halogens is 2. The van der Waals surface area contributed by atoms with Crippen molar-refractivity contribution in [3.8, 4) is 0 Å². The van der Waals surface area contributed by atoms with E-state index in [-0.39, 0.29) is 24.5 Å². The van der Waals surface area contributed by atoms with Gasteiger partial charge in [0.05, 0.1) is 6.04 Å². The second-order valence-electron chi connectivity index (χ2n) is 5.78. The van der Waals surface area contributed by atoms with Gasteiger partial charge in [-0.05, 0) is 38.5 Å². The van der Waals surface area contributed by atoms with Crippen LogP contribution >= 0.6 is 23.2 Å². The number of rotatable bonds is 5. The van der Waals surface area contributed by atoms with Crippen LogP contribution in [-0.2, 0) is 4.79 Å². The summed E-state index contributed by atoms with van der Waals surface area (Å²) < 4.78 is 0. The standard InChI is InChI=1S/C16H24Cl2N4O/c1-10(2)20-16(19-9-15(23)22(4)5)21-11(3)13-7-6-12(17)8-14(13)18/h6-8,10-11H,9H2,1-5H3,(H2,19,20,21). The molecule has 1 aromatic carbocycles. The molecule has 1 rings (SSSR count). The van der Waals surface area contributed by atoms with Gasteiger partial charge in [-0.3, -0.25) is 4.79 Å². The van der Waals surface area contributed by atoms with Crippen LogP contribution in [-0.4, -0.2) is 43.4 Å². The average Bonchev–Trinajstić information content (AvgIpc) is 2.43. The highest BCUT2D eigenvalue weighted by atomic mass is 35.5. The number of benzene rings is 1. The van der Waals surface area contributed by atoms with Crippen molar-refractivity contribution < 1.29 is 4.79 Å². The number of nitrogens with one attached hydrogen (secondary N) is 2. The molecule has 0 fully saturated rings. The quantitative estimate of drug-likeness (QED) is 0.628. The summed E-state index contributed by atoms with van der Waals surface area (Å²) in [7, 11) is 3.41. The molecule has 0 aliphatic rings. The van der Waals surface area contributed by atoms with Gasteiger partial charge in [-0.2, -0.15) is 0 Å². The lowest BCUT2D eigenvalue weighted by Crippen LogP contribution is -2.43. The number of hydrogen-bond donors (Lipinski definition) is 2. The van der Waals surface area contributed by atoms with Crippen molar-refractivity contribution in [2.24, 2.45) is 4.99 Å². The molecule has 0 saturated carbocycles. The minimum Gasteiger partial charge on any atom is -0.354 e. The van der Waals surface area contributed by atoms with Crippen molar-refractivity contribution >= 4 is 35.1 Å². The highest BCUT2D eigenvalue weighted by Crippen LogP contribution is 2.25. The number of likely N-dealkylation sites (N-methyl/N-ethyl adjacent to an activating group) is 1. The van der Waals surface area contributed by atoms with Gasteiger partial charge in [0.15, 0.2) is 5.96 Å². The number of carbonyl (C=O) groups excluding carboxylic acids is 1. The zero-order valence-electron chi connectivity index (χ0n) is 14.2. The Morgan fingerprint density at radius 3 is 2.39 bits per heavy atom. The molecule has 5 nitrogen and oxygen atoms in total. The van der Waals surface area contributed by atoms with Crippen LogP contribution in [0.15, 0.2) is 23.2 Å². The summed E-state index contributed by atoms with van der Waals surface area (Å²) in [4.78, 5) is 17.5. The van der Waals surface area contributed by atoms with Gasteiger partial charge >= 0.3 is 0 Å². The Balaban J connectivity index is 2.87. The summed E-state index contributed by atoms with van der Waals surface area (Å²) in [5.41, 5.74) is 0.910. The maximum atomic E-state index is 11.7. The highest BCUT2D eigenvalue weighted by molar-refractivity contribution is 6.35. The van der Waals surface area contributed by atoms with Crippen LogP contribution in [0.1, 0.15) is 32.4 Å². The van der Waals surface area contributed by atoms with Gasteiger partial charge in [0.2, 0.25) is 5.91 Å². The Morgan fingerprint density at radius 1 is 1.22 bits per heavy atom. The van der Waals surface area contributed by atoms with E-state index in [0.717, 1.165) is 5.56 Å². The second-order valence-corrected chi connectivity index (χ2v) is 6.63. The lowest BCUT2D eigenvalue weighted by Gasteiger charge is -2.21. The van der Waals surface area contributed by atoms with Crippen LogP contribution in [0.5, 0.6) is 0 Å². The van der Waals surface area contributed by atoms with Gasteiger partial charge < -0.3 is 15.5 Å². The third-order valence-electron chi connectivity index (χ3n) is 3.08. The third-order valence-corrected chi connectivity index (χ3v) is 3.64. The Morgan fingerprint density at radius 2 is 1.87 bits per heavy atom. The summed E-state index contributed by atoms with van der Waals surface area (Å²) >= 11 is 12.2. The maximum absolute atomic E-state index is 11.7. The summed E-state index contributed by atoms with van der Waals surface area (Å²) in [6.07, 6.45) is 0. The number of hydrogen-bond acceptors (Lipinski definition) is 2. The van der Waals surface area contributed by atoms with Gasteiger partial charge in [-0.1, -0.05) is 29.3 Å². The fraction of sp³-hybridized carbons (Fsp3) is 0.500. The number of aliphatic imine (C=N–C) groups is 1. The molecule has 0 heterocycles. The third kappa shape index (κ3) is 6.67. The van der Waals surface area contributed by atoms with Crippen LogP contribution in [0.4, 0.5) is 0 Å². The van der Waals surface area contributed by atoms with E-state index in [1.807, 2.05) is 26.8 Å². The molecule has 0 saturated heterocycles. The summed E-state index contributed by atoms with van der Waals surface area (Å²) in [5.74, 6) is 0.501. The lowest BCUT2D eigenvalue weighted by atomic mass is 10.1. The number of carbonyl (C=O) groups is 1. The van der Waals surface area contributed by atoms with E-state index < -0.39 is 0 Å². The van der Waals surface area contributed by atoms with Crippen molar-refractivity contribution in [3.63, 3.8) is 0 Å². The van der Waals surface area contributed by atoms with E-state index >= 15 is 0 Å². The number of amides is 1. The fourth-order valence-corrected chi connectivity index (χ4v) is 2.40. The Bertz CT molecular complexity index is 573. The molecule has 0 aromatic heterocycles. The molecule has 0 bridgehead atoms. The summed E-state index contributed by atoms with van der Waals surface area (Å²) in [6, 6.07) is 5.48. The highest BCUT2D eigenvalue weighted by Gasteiger charge is 2.13. The predicted octanol–water partition coefficient (Wildman–Crippen LogP) is 3.09. The SMILES string of the molecule is CC(C)NC(=NCC(=O)N(C)C)NC(C)c1ccc(Cl)cc1Cl. The van der Waals surface area contributed by atoms with Gasteiger partial charge in [0.1, 0.15) is 6.54 Å². The first-order valence-electron chi connectivity index (χ1n) is 7.43. The topological polar surface area (TPSA) is 56.7 Å². The van der Waals surface area contributed by atoms with Gasteiger partial charge in [-0.15, -0.1) is 0 Å². The Kier molecular flexibility index (Phi) is 7.65. The zero-order valence-corrected chi connectivity index (χ0v) is 15.7. The van der Waals surface area contributed by atoms with E-state index in [2.05, 4.69) is 15.6 Å². The number of guanidine groups is 1. The monoisotopic (exact) mass is 358 g/mol. The van der Waals surface area contributed by atoms with E-state index in [0.29, 0.717) is 16.0 Å².